The first-order chi connectivity index (χ1) is 5.68. The molecule has 66 valence electrons. The van der Waals surface area contributed by atoms with Gasteiger partial charge in [-0.3, -0.25) is 4.79 Å². The van der Waals surface area contributed by atoms with Gasteiger partial charge in [0.2, 0.25) is 0 Å². The first-order valence-corrected chi connectivity index (χ1v) is 4.24. The van der Waals surface area contributed by atoms with Gasteiger partial charge < -0.3 is 9.84 Å². The lowest BCUT2D eigenvalue weighted by molar-refractivity contribution is -0.140. The zero-order chi connectivity index (χ0) is 8.72. The number of aliphatic hydroxyl groups excluding tert-OH is 1. The highest BCUT2D eigenvalue weighted by Crippen LogP contribution is 2.35. The van der Waals surface area contributed by atoms with Crippen LogP contribution in [0.1, 0.15) is 13.3 Å². The minimum atomic E-state index is -0.416. The van der Waals surface area contributed by atoms with Crippen LogP contribution in [0.3, 0.4) is 0 Å². The van der Waals surface area contributed by atoms with Crippen molar-refractivity contribution in [3.8, 4) is 0 Å². The second kappa shape index (κ2) is 2.59. The minimum absolute atomic E-state index is 0.0871. The van der Waals surface area contributed by atoms with Crippen LogP contribution in [-0.2, 0) is 9.53 Å². The molecule has 0 aromatic carbocycles. The lowest BCUT2D eigenvalue weighted by Gasteiger charge is -2.28. The third-order valence-electron chi connectivity index (χ3n) is 2.80. The summed E-state index contributed by atoms with van der Waals surface area (Å²) in [5, 5.41) is 9.46. The van der Waals surface area contributed by atoms with Gasteiger partial charge >= 0.3 is 5.97 Å². The van der Waals surface area contributed by atoms with Crippen LogP contribution in [0.15, 0.2) is 12.2 Å². The maximum absolute atomic E-state index is 10.9. The topological polar surface area (TPSA) is 46.5 Å². The van der Waals surface area contributed by atoms with Crippen molar-refractivity contribution in [1.29, 1.82) is 0 Å². The SMILES string of the molecule is CC1C(O)C=CC2OC(=O)CC21. The highest BCUT2D eigenvalue weighted by Gasteiger charge is 2.41. The first-order valence-electron chi connectivity index (χ1n) is 4.24. The van der Waals surface area contributed by atoms with Gasteiger partial charge in [-0.25, -0.2) is 0 Å². The molecule has 0 saturated carbocycles. The van der Waals surface area contributed by atoms with Crippen molar-refractivity contribution in [2.24, 2.45) is 11.8 Å². The molecule has 0 aromatic rings. The summed E-state index contributed by atoms with van der Waals surface area (Å²) < 4.78 is 5.05. The molecule has 1 fully saturated rings. The molecule has 3 heteroatoms. The van der Waals surface area contributed by atoms with Crippen LogP contribution in [0.4, 0.5) is 0 Å². The Balaban J connectivity index is 2.21. The van der Waals surface area contributed by atoms with Crippen LogP contribution in [-0.4, -0.2) is 23.3 Å². The summed E-state index contributed by atoms with van der Waals surface area (Å²) in [5.41, 5.74) is 0. The number of esters is 1. The van der Waals surface area contributed by atoms with Gasteiger partial charge in [-0.1, -0.05) is 13.0 Å². The predicted molar refractivity (Wildman–Crippen MR) is 42.3 cm³/mol. The smallest absolute Gasteiger partial charge is 0.306 e. The van der Waals surface area contributed by atoms with Crippen molar-refractivity contribution < 1.29 is 14.6 Å². The van der Waals surface area contributed by atoms with Crippen molar-refractivity contribution >= 4 is 5.97 Å². The van der Waals surface area contributed by atoms with Crippen LogP contribution < -0.4 is 0 Å². The van der Waals surface area contributed by atoms with E-state index in [1.54, 1.807) is 12.2 Å². The predicted octanol–water partition coefficient (Wildman–Crippen LogP) is 0.485. The van der Waals surface area contributed by atoms with Gasteiger partial charge in [0.1, 0.15) is 6.10 Å². The Morgan fingerprint density at radius 1 is 1.58 bits per heavy atom. The first kappa shape index (κ1) is 7.80. The Kier molecular flexibility index (Phi) is 1.68. The van der Waals surface area contributed by atoms with E-state index in [4.69, 9.17) is 4.74 Å². The molecule has 12 heavy (non-hydrogen) atoms. The van der Waals surface area contributed by atoms with E-state index in [-0.39, 0.29) is 23.9 Å². The van der Waals surface area contributed by atoms with E-state index in [1.807, 2.05) is 6.92 Å². The molecule has 1 N–H and O–H groups in total. The van der Waals surface area contributed by atoms with E-state index in [2.05, 4.69) is 0 Å². The van der Waals surface area contributed by atoms with E-state index < -0.39 is 6.10 Å². The molecule has 1 aliphatic heterocycles. The summed E-state index contributed by atoms with van der Waals surface area (Å²) >= 11 is 0. The molecule has 2 rings (SSSR count). The fourth-order valence-electron chi connectivity index (χ4n) is 1.91. The quantitative estimate of drug-likeness (QED) is 0.423. The Labute approximate surface area is 71.0 Å². The number of aliphatic hydroxyl groups is 1. The zero-order valence-electron chi connectivity index (χ0n) is 6.93. The number of carbonyl (C=O) groups is 1. The summed E-state index contributed by atoms with van der Waals surface area (Å²) in [7, 11) is 0. The molecule has 3 nitrogen and oxygen atoms in total. The van der Waals surface area contributed by atoms with Crippen LogP contribution in [0.5, 0.6) is 0 Å². The van der Waals surface area contributed by atoms with E-state index in [9.17, 15) is 9.90 Å². The number of rotatable bonds is 0. The molecule has 4 unspecified atom stereocenters. The number of ether oxygens (including phenoxy) is 1. The standard InChI is InChI=1S/C9H12O3/c1-5-6-4-9(11)12-8(6)3-2-7(5)10/h2-3,5-8,10H,4H2,1H3. The number of hydrogen-bond donors (Lipinski definition) is 1. The van der Waals surface area contributed by atoms with Crippen LogP contribution >= 0.6 is 0 Å². The van der Waals surface area contributed by atoms with Crippen LogP contribution in [0.25, 0.3) is 0 Å². The maximum Gasteiger partial charge on any atom is 0.306 e. The normalized spacial score (nSPS) is 45.7. The molecule has 2 aliphatic rings. The van der Waals surface area contributed by atoms with Gasteiger partial charge in [0.05, 0.1) is 12.5 Å². The highest BCUT2D eigenvalue weighted by atomic mass is 16.5. The Bertz CT molecular complexity index is 234. The van der Waals surface area contributed by atoms with Gasteiger partial charge in [-0.05, 0) is 12.0 Å². The molecule has 0 bridgehead atoms. The van der Waals surface area contributed by atoms with Crippen molar-refractivity contribution in [2.75, 3.05) is 0 Å². The van der Waals surface area contributed by atoms with Crippen molar-refractivity contribution in [2.45, 2.75) is 25.6 Å². The number of fused-ring (bicyclic) bond motifs is 1. The van der Waals surface area contributed by atoms with Gasteiger partial charge in [0.25, 0.3) is 0 Å². The molecule has 0 radical (unpaired) electrons. The van der Waals surface area contributed by atoms with E-state index in [1.165, 1.54) is 0 Å². The third kappa shape index (κ3) is 1.05. The van der Waals surface area contributed by atoms with Crippen LogP contribution in [0, 0.1) is 11.8 Å². The summed E-state index contributed by atoms with van der Waals surface area (Å²) in [6.07, 6.45) is 3.45. The number of carbonyl (C=O) groups excluding carboxylic acids is 1. The fraction of sp³-hybridized carbons (Fsp3) is 0.667. The average molecular weight is 168 g/mol. The molecule has 1 saturated heterocycles. The second-order valence-corrected chi connectivity index (χ2v) is 3.56. The molecule has 1 heterocycles. The fourth-order valence-corrected chi connectivity index (χ4v) is 1.91. The van der Waals surface area contributed by atoms with Crippen molar-refractivity contribution in [1.82, 2.24) is 0 Å². The Hall–Kier alpha value is -0.830. The summed E-state index contributed by atoms with van der Waals surface area (Å²) in [5.74, 6) is 0.166. The second-order valence-electron chi connectivity index (χ2n) is 3.56. The summed E-state index contributed by atoms with van der Waals surface area (Å²) in [4.78, 5) is 10.9. The largest absolute Gasteiger partial charge is 0.458 e. The van der Waals surface area contributed by atoms with Crippen molar-refractivity contribution in [3.63, 3.8) is 0 Å². The van der Waals surface area contributed by atoms with Gasteiger partial charge in [-0.15, -0.1) is 0 Å². The monoisotopic (exact) mass is 168 g/mol. The average Bonchev–Trinajstić information content (AvgIpc) is 2.39. The molecule has 0 amide bonds. The molecule has 0 aromatic heterocycles. The Morgan fingerprint density at radius 2 is 2.33 bits per heavy atom. The van der Waals surface area contributed by atoms with E-state index in [0.717, 1.165) is 0 Å². The highest BCUT2D eigenvalue weighted by molar-refractivity contribution is 5.72. The van der Waals surface area contributed by atoms with Crippen LogP contribution in [0.2, 0.25) is 0 Å². The van der Waals surface area contributed by atoms with E-state index in [0.29, 0.717) is 6.42 Å². The van der Waals surface area contributed by atoms with Gasteiger partial charge in [0, 0.05) is 5.92 Å². The van der Waals surface area contributed by atoms with Crippen molar-refractivity contribution in [3.05, 3.63) is 12.2 Å². The third-order valence-corrected chi connectivity index (χ3v) is 2.80. The van der Waals surface area contributed by atoms with Gasteiger partial charge in [0.15, 0.2) is 0 Å². The maximum atomic E-state index is 10.9. The lowest BCUT2D eigenvalue weighted by atomic mass is 9.80. The minimum Gasteiger partial charge on any atom is -0.458 e. The molecular weight excluding hydrogens is 156 g/mol. The lowest BCUT2D eigenvalue weighted by Crippen LogP contribution is -2.32. The summed E-state index contributed by atoms with van der Waals surface area (Å²) in [6.45, 7) is 1.95. The molecule has 1 aliphatic carbocycles. The molecule has 4 atom stereocenters. The Morgan fingerprint density at radius 3 is 3.08 bits per heavy atom. The molecule has 0 spiro atoms. The zero-order valence-corrected chi connectivity index (χ0v) is 6.93. The summed E-state index contributed by atoms with van der Waals surface area (Å²) in [6, 6.07) is 0. The number of hydrogen-bond acceptors (Lipinski definition) is 3. The van der Waals surface area contributed by atoms with E-state index >= 15 is 0 Å². The molecular formula is C9H12O3. The van der Waals surface area contributed by atoms with Gasteiger partial charge in [-0.2, -0.15) is 0 Å².